The Morgan fingerprint density at radius 3 is 1.88 bits per heavy atom. The van der Waals surface area contributed by atoms with Gasteiger partial charge in [0.05, 0.1) is 25.2 Å². The van der Waals surface area contributed by atoms with Crippen molar-refractivity contribution >= 4 is 47.3 Å². The SMILES string of the molecule is CC(C)CCCCCCCCCCCC(=O)NC(CC(N)=O)C(=O)NC(CCCN=C(N)N)CCC(O)C(NC(=O)C(CO)NC(=O)C1CCCN1)C(=O)NC(CC(C)C)C(=O)NCCCCN. The van der Waals surface area contributed by atoms with Crippen LogP contribution in [0.1, 0.15) is 163 Å². The second-order valence-electron chi connectivity index (χ2n) is 19.1. The van der Waals surface area contributed by atoms with Crippen LogP contribution in [0.4, 0.5) is 0 Å². The van der Waals surface area contributed by atoms with Gasteiger partial charge in [0, 0.05) is 25.6 Å². The van der Waals surface area contributed by atoms with E-state index in [1.54, 1.807) is 0 Å². The van der Waals surface area contributed by atoms with E-state index in [0.29, 0.717) is 51.7 Å². The second kappa shape index (κ2) is 36.4. The summed E-state index contributed by atoms with van der Waals surface area (Å²) in [5, 5.41) is 40.8. The van der Waals surface area contributed by atoms with Crippen LogP contribution in [0.3, 0.4) is 0 Å². The third-order valence-corrected chi connectivity index (χ3v) is 11.8. The monoisotopic (exact) mass is 967 g/mol. The summed E-state index contributed by atoms with van der Waals surface area (Å²) in [4.78, 5) is 96.8. The number of aliphatic imine (C=N–C) groups is 1. The van der Waals surface area contributed by atoms with Crippen molar-refractivity contribution in [3.8, 4) is 0 Å². The van der Waals surface area contributed by atoms with Crippen molar-refractivity contribution in [2.24, 2.45) is 39.8 Å². The molecule has 0 aromatic rings. The Morgan fingerprint density at radius 1 is 0.662 bits per heavy atom. The number of hydrogen-bond donors (Lipinski definition) is 13. The smallest absolute Gasteiger partial charge is 0.245 e. The van der Waals surface area contributed by atoms with Gasteiger partial charge in [-0.1, -0.05) is 85.5 Å². The van der Waals surface area contributed by atoms with Crippen molar-refractivity contribution in [3.63, 3.8) is 0 Å². The molecule has 0 spiro atoms. The molecule has 68 heavy (non-hydrogen) atoms. The van der Waals surface area contributed by atoms with E-state index in [-0.39, 0.29) is 50.5 Å². The average molecular weight is 967 g/mol. The summed E-state index contributed by atoms with van der Waals surface area (Å²) in [5.74, 6) is -4.21. The van der Waals surface area contributed by atoms with Gasteiger partial charge in [-0.15, -0.1) is 0 Å². The zero-order valence-electron chi connectivity index (χ0n) is 41.6. The van der Waals surface area contributed by atoms with Crippen LogP contribution < -0.4 is 60.2 Å². The third-order valence-electron chi connectivity index (χ3n) is 11.8. The fourth-order valence-electron chi connectivity index (χ4n) is 7.96. The maximum Gasteiger partial charge on any atom is 0.245 e. The van der Waals surface area contributed by atoms with Crippen LogP contribution in [0.5, 0.6) is 0 Å². The van der Waals surface area contributed by atoms with Crippen LogP contribution in [0.2, 0.25) is 0 Å². The number of carbonyl (C=O) groups is 7. The van der Waals surface area contributed by atoms with Crippen molar-refractivity contribution in [1.29, 1.82) is 0 Å². The van der Waals surface area contributed by atoms with Gasteiger partial charge < -0.3 is 70.4 Å². The van der Waals surface area contributed by atoms with Crippen molar-refractivity contribution in [3.05, 3.63) is 0 Å². The molecule has 7 amide bonds. The Bertz CT molecular complexity index is 1530. The summed E-state index contributed by atoms with van der Waals surface area (Å²) in [5.41, 5.74) is 22.1. The van der Waals surface area contributed by atoms with Gasteiger partial charge in [-0.3, -0.25) is 38.6 Å². The van der Waals surface area contributed by atoms with E-state index in [1.165, 1.54) is 32.1 Å². The summed E-state index contributed by atoms with van der Waals surface area (Å²) in [6.45, 7) is 8.95. The molecule has 1 rings (SSSR count). The highest BCUT2D eigenvalue weighted by atomic mass is 16.3. The Hall–Kier alpha value is -4.60. The number of nitrogens with one attached hydrogen (secondary N) is 7. The normalized spacial score (nSPS) is 16.2. The average Bonchev–Trinajstić information content (AvgIpc) is 3.83. The highest BCUT2D eigenvalue weighted by Gasteiger charge is 2.36. The topological polar surface area (TPSA) is 361 Å². The number of nitrogens with zero attached hydrogens (tertiary/aromatic N) is 1. The van der Waals surface area contributed by atoms with Crippen LogP contribution in [0.25, 0.3) is 0 Å². The lowest BCUT2D eigenvalue weighted by Crippen LogP contribution is -2.61. The molecule has 1 saturated heterocycles. The molecule has 7 atom stereocenters. The molecule has 17 N–H and O–H groups in total. The van der Waals surface area contributed by atoms with Gasteiger partial charge >= 0.3 is 0 Å². The number of carbonyl (C=O) groups excluding carboxylic acids is 7. The fraction of sp³-hybridized carbons (Fsp3) is 0.830. The minimum Gasteiger partial charge on any atom is -0.394 e. The molecule has 392 valence electrons. The standard InChI is InChI=1S/C47H90N12O9/c1-31(2)18-12-10-8-6-5-7-9-11-13-21-40(63)56-36(29-39(49)62)44(66)55-33(19-16-27-54-47(50)51)22-23-38(61)41(59-45(67)37(30-60)58-43(65)34-20-17-26-52-34)46(68)57-35(28-32(3)4)42(64)53-25-15-14-24-48/h31-38,41,52,60-61H,5-30,48H2,1-4H3,(H2,49,62)(H,53,64)(H,55,66)(H,56,63)(H,57,68)(H,58,65)(H,59,67)(H4,50,51,54). The number of primary amides is 1. The van der Waals surface area contributed by atoms with E-state index in [9.17, 15) is 43.8 Å². The molecule has 1 fully saturated rings. The van der Waals surface area contributed by atoms with Gasteiger partial charge in [0.2, 0.25) is 41.4 Å². The van der Waals surface area contributed by atoms with Crippen molar-refractivity contribution in [2.75, 3.05) is 32.8 Å². The molecule has 1 aliphatic rings. The van der Waals surface area contributed by atoms with Crippen molar-refractivity contribution in [2.45, 2.75) is 205 Å². The Kier molecular flexibility index (Phi) is 32.9. The minimum absolute atomic E-state index is 0.00806. The van der Waals surface area contributed by atoms with Crippen LogP contribution in [-0.4, -0.2) is 133 Å². The van der Waals surface area contributed by atoms with Gasteiger partial charge in [-0.2, -0.15) is 0 Å². The summed E-state index contributed by atoms with van der Waals surface area (Å²) in [6, 6.07) is -6.82. The number of amides is 7. The van der Waals surface area contributed by atoms with E-state index in [4.69, 9.17) is 22.9 Å². The summed E-state index contributed by atoms with van der Waals surface area (Å²) in [6.07, 6.45) is 12.2. The van der Waals surface area contributed by atoms with Crippen LogP contribution in [-0.2, 0) is 33.6 Å². The lowest BCUT2D eigenvalue weighted by atomic mass is 9.97. The van der Waals surface area contributed by atoms with E-state index in [2.05, 4.69) is 56.1 Å². The first-order chi connectivity index (χ1) is 32.4. The Balaban J connectivity index is 3.20. The number of aliphatic hydroxyl groups is 2. The number of rotatable bonds is 39. The first-order valence-electron chi connectivity index (χ1n) is 25.2. The van der Waals surface area contributed by atoms with Crippen LogP contribution in [0, 0.1) is 11.8 Å². The summed E-state index contributed by atoms with van der Waals surface area (Å²) in [7, 11) is 0. The fourth-order valence-corrected chi connectivity index (χ4v) is 7.96. The van der Waals surface area contributed by atoms with Gasteiger partial charge in [0.1, 0.15) is 24.2 Å². The maximum atomic E-state index is 14.1. The first kappa shape index (κ1) is 61.4. The van der Waals surface area contributed by atoms with Gasteiger partial charge in [0.15, 0.2) is 5.96 Å². The Labute approximate surface area is 404 Å². The molecule has 21 nitrogen and oxygen atoms in total. The molecule has 0 bridgehead atoms. The molecular weight excluding hydrogens is 877 g/mol. The molecule has 0 aromatic heterocycles. The zero-order valence-corrected chi connectivity index (χ0v) is 41.6. The maximum absolute atomic E-state index is 14.1. The largest absolute Gasteiger partial charge is 0.394 e. The predicted octanol–water partition coefficient (Wildman–Crippen LogP) is 0.0731. The highest BCUT2D eigenvalue weighted by molar-refractivity contribution is 5.95. The number of nitrogens with two attached hydrogens (primary N) is 4. The summed E-state index contributed by atoms with van der Waals surface area (Å²) >= 11 is 0. The first-order valence-corrected chi connectivity index (χ1v) is 25.2. The molecule has 0 radical (unpaired) electrons. The molecule has 21 heteroatoms. The minimum atomic E-state index is -1.70. The number of hydrogen-bond acceptors (Lipinski definition) is 12. The third kappa shape index (κ3) is 28.7. The van der Waals surface area contributed by atoms with Crippen LogP contribution >= 0.6 is 0 Å². The molecule has 0 aliphatic carbocycles. The molecule has 0 aromatic carbocycles. The zero-order chi connectivity index (χ0) is 50.9. The molecule has 7 unspecified atom stereocenters. The number of unbranched alkanes of at least 4 members (excludes halogenated alkanes) is 9. The molecular formula is C47H90N12O9. The summed E-state index contributed by atoms with van der Waals surface area (Å²) < 4.78 is 0. The van der Waals surface area contributed by atoms with Crippen molar-refractivity contribution in [1.82, 2.24) is 37.2 Å². The molecule has 0 saturated carbocycles. The van der Waals surface area contributed by atoms with E-state index in [0.717, 1.165) is 38.0 Å². The number of guanidine groups is 1. The quantitative estimate of drug-likeness (QED) is 0.0221. The van der Waals surface area contributed by atoms with Crippen LogP contribution in [0.15, 0.2) is 4.99 Å². The van der Waals surface area contributed by atoms with E-state index in [1.807, 2.05) is 13.8 Å². The highest BCUT2D eigenvalue weighted by Crippen LogP contribution is 2.16. The molecule has 1 aliphatic heterocycles. The van der Waals surface area contributed by atoms with Gasteiger partial charge in [0.25, 0.3) is 0 Å². The van der Waals surface area contributed by atoms with E-state index < -0.39 is 96.7 Å². The Morgan fingerprint density at radius 2 is 1.31 bits per heavy atom. The van der Waals surface area contributed by atoms with E-state index >= 15 is 0 Å². The van der Waals surface area contributed by atoms with Gasteiger partial charge in [-0.25, -0.2) is 0 Å². The molecule has 1 heterocycles. The predicted molar refractivity (Wildman–Crippen MR) is 263 cm³/mol. The lowest BCUT2D eigenvalue weighted by molar-refractivity contribution is -0.137. The number of aliphatic hydroxyl groups excluding tert-OH is 2. The lowest BCUT2D eigenvalue weighted by Gasteiger charge is -2.29. The van der Waals surface area contributed by atoms with Gasteiger partial charge in [-0.05, 0) is 89.1 Å². The second-order valence-corrected chi connectivity index (χ2v) is 19.1. The van der Waals surface area contributed by atoms with Crippen molar-refractivity contribution < 1.29 is 43.8 Å².